The number of anilines is 1. The second-order valence-corrected chi connectivity index (χ2v) is 9.93. The second-order valence-electron chi connectivity index (χ2n) is 8.42. The van der Waals surface area contributed by atoms with Crippen LogP contribution in [0.4, 0.5) is 10.1 Å². The predicted molar refractivity (Wildman–Crippen MR) is 125 cm³/mol. The minimum Gasteiger partial charge on any atom is -0.478 e. The maximum absolute atomic E-state index is 14.8. The highest BCUT2D eigenvalue weighted by Gasteiger charge is 2.44. The number of carbonyl (C=O) groups excluding carboxylic acids is 1. The van der Waals surface area contributed by atoms with Crippen molar-refractivity contribution in [3.63, 3.8) is 0 Å². The largest absolute Gasteiger partial charge is 0.478 e. The van der Waals surface area contributed by atoms with Crippen molar-refractivity contribution in [1.82, 2.24) is 0 Å². The molecule has 1 aliphatic heterocycles. The van der Waals surface area contributed by atoms with Gasteiger partial charge in [0.1, 0.15) is 10.6 Å². The molecule has 1 aliphatic rings. The molecule has 1 atom stereocenters. The van der Waals surface area contributed by atoms with Gasteiger partial charge in [0.15, 0.2) is 0 Å². The van der Waals surface area contributed by atoms with Crippen LogP contribution in [0.5, 0.6) is 0 Å². The highest BCUT2D eigenvalue weighted by atomic mass is 32.2. The number of thioether (sulfide) groups is 1. The molecule has 3 aromatic carbocycles. The van der Waals surface area contributed by atoms with E-state index >= 15 is 0 Å². The number of hydrogen-bond donors (Lipinski definition) is 1. The Balaban J connectivity index is 1.72. The number of hydrogen-bond acceptors (Lipinski definition) is 3. The van der Waals surface area contributed by atoms with Crippen LogP contribution in [0.2, 0.25) is 0 Å². The summed E-state index contributed by atoms with van der Waals surface area (Å²) in [5, 5.41) is 9.14. The molecule has 0 aliphatic carbocycles. The fourth-order valence-corrected chi connectivity index (χ4v) is 5.43. The summed E-state index contributed by atoms with van der Waals surface area (Å²) in [7, 11) is 0. The Bertz CT molecular complexity index is 1210. The zero-order chi connectivity index (χ0) is 23.0. The van der Waals surface area contributed by atoms with Crippen LogP contribution in [0.15, 0.2) is 65.6 Å². The number of benzene rings is 3. The summed E-state index contributed by atoms with van der Waals surface area (Å²) in [5.41, 5.74) is 4.84. The third-order valence-electron chi connectivity index (χ3n) is 5.83. The number of rotatable bonds is 5. The van der Waals surface area contributed by atoms with Crippen molar-refractivity contribution < 1.29 is 19.1 Å². The molecule has 4 rings (SSSR count). The third kappa shape index (κ3) is 4.15. The smallest absolute Gasteiger partial charge is 0.335 e. The molecule has 0 saturated carbocycles. The van der Waals surface area contributed by atoms with Crippen molar-refractivity contribution in [3.05, 3.63) is 94.3 Å². The monoisotopic (exact) mass is 449 g/mol. The molecular weight excluding hydrogens is 425 g/mol. The Labute approximate surface area is 191 Å². The number of carbonyl (C=O) groups is 2. The number of fused-ring (bicyclic) bond motifs is 1. The molecule has 164 valence electrons. The predicted octanol–water partition coefficient (Wildman–Crippen LogP) is 5.78. The molecule has 0 aromatic heterocycles. The van der Waals surface area contributed by atoms with Crippen LogP contribution in [0, 0.1) is 19.7 Å². The number of aromatic carboxylic acids is 1. The number of aryl methyl sites for hydroxylation is 2. The van der Waals surface area contributed by atoms with Gasteiger partial charge >= 0.3 is 5.97 Å². The van der Waals surface area contributed by atoms with E-state index in [1.54, 1.807) is 29.2 Å². The maximum Gasteiger partial charge on any atom is 0.335 e. The lowest BCUT2D eigenvalue weighted by Gasteiger charge is -2.40. The number of carboxylic acids is 1. The first-order chi connectivity index (χ1) is 15.2. The van der Waals surface area contributed by atoms with Gasteiger partial charge in [0, 0.05) is 0 Å². The summed E-state index contributed by atoms with van der Waals surface area (Å²) in [6.07, 6.45) is 0.355. The van der Waals surface area contributed by atoms with Crippen LogP contribution in [0.1, 0.15) is 39.5 Å². The molecule has 32 heavy (non-hydrogen) atoms. The van der Waals surface area contributed by atoms with Gasteiger partial charge in [-0.15, -0.1) is 11.8 Å². The Morgan fingerprint density at radius 3 is 2.47 bits per heavy atom. The van der Waals surface area contributed by atoms with Crippen LogP contribution in [-0.2, 0) is 17.8 Å². The molecule has 0 fully saturated rings. The van der Waals surface area contributed by atoms with E-state index in [0.29, 0.717) is 23.5 Å². The highest BCUT2D eigenvalue weighted by molar-refractivity contribution is 8.01. The van der Waals surface area contributed by atoms with E-state index in [-0.39, 0.29) is 17.3 Å². The SMILES string of the molecule is Cc1ccc(CN2C(=O)C(C)(Cc3ccc(C(=O)O)cc3)Sc3c(F)cccc32)c(C)c1. The molecule has 1 N–H and O–H groups in total. The second kappa shape index (κ2) is 8.43. The summed E-state index contributed by atoms with van der Waals surface area (Å²) < 4.78 is 13.9. The van der Waals surface area contributed by atoms with Crippen molar-refractivity contribution in [1.29, 1.82) is 0 Å². The van der Waals surface area contributed by atoms with Crippen molar-refractivity contribution in [2.24, 2.45) is 0 Å². The van der Waals surface area contributed by atoms with Gasteiger partial charge in [0.2, 0.25) is 5.91 Å². The Morgan fingerprint density at radius 1 is 1.09 bits per heavy atom. The van der Waals surface area contributed by atoms with Crippen molar-refractivity contribution in [2.45, 2.75) is 43.4 Å². The quantitative estimate of drug-likeness (QED) is 0.536. The molecule has 1 amide bonds. The van der Waals surface area contributed by atoms with Gasteiger partial charge in [0.25, 0.3) is 0 Å². The van der Waals surface area contributed by atoms with Gasteiger partial charge in [0.05, 0.1) is 22.7 Å². The number of nitrogens with zero attached hydrogens (tertiary/aromatic N) is 1. The normalized spacial score (nSPS) is 17.9. The van der Waals surface area contributed by atoms with Gasteiger partial charge in [-0.3, -0.25) is 4.79 Å². The van der Waals surface area contributed by atoms with Crippen molar-refractivity contribution in [2.75, 3.05) is 4.90 Å². The first kappa shape index (κ1) is 22.1. The lowest BCUT2D eigenvalue weighted by Crippen LogP contribution is -2.49. The average Bonchev–Trinajstić information content (AvgIpc) is 2.74. The van der Waals surface area contributed by atoms with Crippen molar-refractivity contribution in [3.8, 4) is 0 Å². The fourth-order valence-electron chi connectivity index (χ4n) is 4.09. The summed E-state index contributed by atoms with van der Waals surface area (Å²) in [5.74, 6) is -1.44. The average molecular weight is 450 g/mol. The molecule has 0 radical (unpaired) electrons. The first-order valence-electron chi connectivity index (χ1n) is 10.4. The Morgan fingerprint density at radius 2 is 1.81 bits per heavy atom. The van der Waals surface area contributed by atoms with Gasteiger partial charge in [-0.25, -0.2) is 9.18 Å². The molecule has 3 aromatic rings. The van der Waals surface area contributed by atoms with Gasteiger partial charge < -0.3 is 10.0 Å². The van der Waals surface area contributed by atoms with Gasteiger partial charge in [-0.1, -0.05) is 42.0 Å². The molecule has 0 bridgehead atoms. The van der Waals surface area contributed by atoms with Crippen LogP contribution < -0.4 is 4.90 Å². The molecule has 0 spiro atoms. The molecule has 0 saturated heterocycles. The maximum atomic E-state index is 14.8. The van der Waals surface area contributed by atoms with E-state index in [0.717, 1.165) is 22.3 Å². The van der Waals surface area contributed by atoms with Crippen LogP contribution in [0.25, 0.3) is 0 Å². The zero-order valence-corrected chi connectivity index (χ0v) is 19.0. The molecule has 1 unspecified atom stereocenters. The minimum atomic E-state index is -0.999. The fraction of sp³-hybridized carbons (Fsp3) is 0.231. The van der Waals surface area contributed by atoms with Crippen LogP contribution in [0.3, 0.4) is 0 Å². The van der Waals surface area contributed by atoms with E-state index in [1.165, 1.54) is 30.0 Å². The summed E-state index contributed by atoms with van der Waals surface area (Å²) >= 11 is 1.24. The lowest BCUT2D eigenvalue weighted by atomic mass is 9.96. The van der Waals surface area contributed by atoms with E-state index < -0.39 is 10.7 Å². The Hall–Kier alpha value is -3.12. The van der Waals surface area contributed by atoms with Crippen LogP contribution in [-0.4, -0.2) is 21.7 Å². The van der Waals surface area contributed by atoms with E-state index in [1.807, 2.05) is 32.9 Å². The first-order valence-corrected chi connectivity index (χ1v) is 11.2. The van der Waals surface area contributed by atoms with Crippen LogP contribution >= 0.6 is 11.8 Å². The van der Waals surface area contributed by atoms with E-state index in [9.17, 15) is 14.0 Å². The molecule has 1 heterocycles. The van der Waals surface area contributed by atoms with E-state index in [2.05, 4.69) is 6.07 Å². The number of halogens is 1. The van der Waals surface area contributed by atoms with Gasteiger partial charge in [-0.2, -0.15) is 0 Å². The van der Waals surface area contributed by atoms with Gasteiger partial charge in [-0.05, 0) is 68.1 Å². The highest BCUT2D eigenvalue weighted by Crippen LogP contribution is 2.48. The minimum absolute atomic E-state index is 0.0945. The standard InChI is InChI=1S/C26H24FNO3S/c1-16-7-10-20(17(2)13-16)15-28-22-6-4-5-21(27)23(22)32-26(3,25(28)31)14-18-8-11-19(12-9-18)24(29)30/h4-13H,14-15H2,1-3H3,(H,29,30). The molecule has 4 nitrogen and oxygen atoms in total. The third-order valence-corrected chi connectivity index (χ3v) is 7.21. The number of amides is 1. The topological polar surface area (TPSA) is 57.6 Å². The summed E-state index contributed by atoms with van der Waals surface area (Å²) in [6.45, 7) is 6.23. The van der Waals surface area contributed by atoms with Crippen molar-refractivity contribution >= 4 is 29.3 Å². The zero-order valence-electron chi connectivity index (χ0n) is 18.2. The Kier molecular flexibility index (Phi) is 5.82. The number of carboxylic acid groups (broad SMARTS) is 1. The lowest BCUT2D eigenvalue weighted by molar-refractivity contribution is -0.120. The summed E-state index contributed by atoms with van der Waals surface area (Å²) in [6, 6.07) is 17.4. The van der Waals surface area contributed by atoms with E-state index in [4.69, 9.17) is 5.11 Å². The molecule has 6 heteroatoms. The summed E-state index contributed by atoms with van der Waals surface area (Å²) in [4.78, 5) is 27.1. The molecular formula is C26H24FNO3S.